The molecule has 150 valence electrons. The molecule has 5 nitrogen and oxygen atoms in total. The summed E-state index contributed by atoms with van der Waals surface area (Å²) in [6, 6.07) is 19.2. The lowest BCUT2D eigenvalue weighted by molar-refractivity contribution is -0.113. The molecule has 8 heteroatoms. The lowest BCUT2D eigenvalue weighted by Crippen LogP contribution is -2.23. The van der Waals surface area contributed by atoms with E-state index >= 15 is 0 Å². The van der Waals surface area contributed by atoms with E-state index < -0.39 is 23.2 Å². The van der Waals surface area contributed by atoms with E-state index in [0.717, 1.165) is 23.9 Å². The van der Waals surface area contributed by atoms with Crippen LogP contribution in [0.2, 0.25) is 0 Å². The van der Waals surface area contributed by atoms with Crippen molar-refractivity contribution in [3.8, 4) is 5.69 Å². The van der Waals surface area contributed by atoms with Gasteiger partial charge in [-0.05, 0) is 36.4 Å². The Morgan fingerprint density at radius 3 is 2.33 bits per heavy atom. The number of benzene rings is 3. The Kier molecular flexibility index (Phi) is 5.58. The van der Waals surface area contributed by atoms with E-state index in [1.54, 1.807) is 48.5 Å². The number of nitrogens with one attached hydrogen (secondary N) is 1. The first-order chi connectivity index (χ1) is 14.5. The molecule has 3 aromatic carbocycles. The van der Waals surface area contributed by atoms with Gasteiger partial charge in [-0.2, -0.15) is 0 Å². The van der Waals surface area contributed by atoms with Crippen molar-refractivity contribution in [1.82, 2.24) is 9.55 Å². The summed E-state index contributed by atoms with van der Waals surface area (Å²) < 4.78 is 29.0. The third-order valence-corrected chi connectivity index (χ3v) is 5.26. The van der Waals surface area contributed by atoms with Crippen LogP contribution in [-0.4, -0.2) is 21.2 Å². The maximum Gasteiger partial charge on any atom is 0.266 e. The van der Waals surface area contributed by atoms with Crippen molar-refractivity contribution >= 4 is 34.3 Å². The molecule has 0 bridgehead atoms. The third-order valence-electron chi connectivity index (χ3n) is 4.32. The molecule has 0 atom stereocenters. The van der Waals surface area contributed by atoms with Gasteiger partial charge in [-0.25, -0.2) is 13.8 Å². The minimum Gasteiger partial charge on any atom is -0.320 e. The smallest absolute Gasteiger partial charge is 0.266 e. The highest BCUT2D eigenvalue weighted by atomic mass is 32.2. The number of thioether (sulfide) groups is 1. The number of carbonyl (C=O) groups is 1. The topological polar surface area (TPSA) is 64.0 Å². The number of anilines is 1. The Bertz CT molecular complexity index is 1270. The van der Waals surface area contributed by atoms with Crippen LogP contribution in [0.4, 0.5) is 14.5 Å². The molecule has 1 aromatic heterocycles. The molecule has 4 aromatic rings. The Labute approximate surface area is 174 Å². The first kappa shape index (κ1) is 19.8. The normalized spacial score (nSPS) is 10.9. The first-order valence-corrected chi connectivity index (χ1v) is 9.97. The number of hydrogen-bond donors (Lipinski definition) is 1. The molecule has 4 rings (SSSR count). The highest BCUT2D eigenvalue weighted by Crippen LogP contribution is 2.23. The van der Waals surface area contributed by atoms with Gasteiger partial charge >= 0.3 is 0 Å². The molecule has 1 N–H and O–H groups in total. The minimum absolute atomic E-state index is 0.189. The maximum atomic E-state index is 13.8. The van der Waals surface area contributed by atoms with Gasteiger partial charge in [0.1, 0.15) is 17.3 Å². The first-order valence-electron chi connectivity index (χ1n) is 8.98. The van der Waals surface area contributed by atoms with Gasteiger partial charge in [-0.3, -0.25) is 14.2 Å². The van der Waals surface area contributed by atoms with Crippen LogP contribution in [0.15, 0.2) is 82.7 Å². The summed E-state index contributed by atoms with van der Waals surface area (Å²) in [6.45, 7) is 0. The van der Waals surface area contributed by atoms with E-state index in [0.29, 0.717) is 21.7 Å². The van der Waals surface area contributed by atoms with Crippen LogP contribution < -0.4 is 10.9 Å². The van der Waals surface area contributed by atoms with E-state index in [9.17, 15) is 18.4 Å². The number of fused-ring (bicyclic) bond motifs is 1. The second kappa shape index (κ2) is 8.46. The van der Waals surface area contributed by atoms with Gasteiger partial charge < -0.3 is 5.32 Å². The zero-order valence-electron chi connectivity index (χ0n) is 15.5. The van der Waals surface area contributed by atoms with Crippen molar-refractivity contribution < 1.29 is 13.6 Å². The SMILES string of the molecule is O=C(CSc1nc2ccccc2c(=O)n1-c1ccccc1)Nc1c(F)cccc1F. The van der Waals surface area contributed by atoms with Crippen molar-refractivity contribution in [2.45, 2.75) is 5.16 Å². The van der Waals surface area contributed by atoms with Crippen molar-refractivity contribution in [2.75, 3.05) is 11.1 Å². The number of nitrogens with zero attached hydrogens (tertiary/aromatic N) is 2. The van der Waals surface area contributed by atoms with Crippen LogP contribution in [-0.2, 0) is 4.79 Å². The fraction of sp³-hybridized carbons (Fsp3) is 0.0455. The number of hydrogen-bond acceptors (Lipinski definition) is 4. The Morgan fingerprint density at radius 2 is 1.60 bits per heavy atom. The zero-order valence-corrected chi connectivity index (χ0v) is 16.3. The van der Waals surface area contributed by atoms with Gasteiger partial charge in [0.25, 0.3) is 5.56 Å². The molecule has 0 aliphatic carbocycles. The number of halogens is 2. The van der Waals surface area contributed by atoms with Gasteiger partial charge in [-0.15, -0.1) is 0 Å². The van der Waals surface area contributed by atoms with Gasteiger partial charge in [0.05, 0.1) is 22.3 Å². The summed E-state index contributed by atoms with van der Waals surface area (Å²) in [5.74, 6) is -2.53. The van der Waals surface area contributed by atoms with Gasteiger partial charge in [-0.1, -0.05) is 48.2 Å². The molecule has 1 heterocycles. The van der Waals surface area contributed by atoms with Crippen LogP contribution in [0, 0.1) is 11.6 Å². The molecule has 0 fully saturated rings. The summed E-state index contributed by atoms with van der Waals surface area (Å²) >= 11 is 1.00. The summed E-state index contributed by atoms with van der Waals surface area (Å²) in [4.78, 5) is 29.9. The standard InChI is InChI=1S/C22H15F2N3O2S/c23-16-10-6-11-17(24)20(16)26-19(28)13-30-22-25-18-12-5-4-9-15(18)21(29)27(22)14-7-2-1-3-8-14/h1-12H,13H2,(H,26,28). The quantitative estimate of drug-likeness (QED) is 0.382. The molecular weight excluding hydrogens is 408 g/mol. The molecule has 30 heavy (non-hydrogen) atoms. The number of amides is 1. The van der Waals surface area contributed by atoms with E-state index in [1.165, 1.54) is 10.6 Å². The van der Waals surface area contributed by atoms with Crippen LogP contribution in [0.1, 0.15) is 0 Å². The van der Waals surface area contributed by atoms with Gasteiger partial charge in [0.2, 0.25) is 5.91 Å². The average molecular weight is 423 g/mol. The highest BCUT2D eigenvalue weighted by molar-refractivity contribution is 7.99. The molecule has 1 amide bonds. The molecular formula is C22H15F2N3O2S. The summed E-state index contributed by atoms with van der Waals surface area (Å²) in [7, 11) is 0. The summed E-state index contributed by atoms with van der Waals surface area (Å²) in [6.07, 6.45) is 0. The molecule has 0 unspecified atom stereocenters. The molecule has 0 radical (unpaired) electrons. The monoisotopic (exact) mass is 423 g/mol. The number of rotatable bonds is 5. The van der Waals surface area contributed by atoms with E-state index in [1.807, 2.05) is 6.07 Å². The lowest BCUT2D eigenvalue weighted by atomic mass is 10.2. The van der Waals surface area contributed by atoms with Crippen LogP contribution >= 0.6 is 11.8 Å². The minimum atomic E-state index is -0.863. The zero-order chi connectivity index (χ0) is 21.1. The van der Waals surface area contributed by atoms with Crippen LogP contribution in [0.5, 0.6) is 0 Å². The fourth-order valence-corrected chi connectivity index (χ4v) is 3.75. The predicted octanol–water partition coefficient (Wildman–Crippen LogP) is 4.39. The van der Waals surface area contributed by atoms with Gasteiger partial charge in [0, 0.05) is 0 Å². The molecule has 0 spiro atoms. The fourth-order valence-electron chi connectivity index (χ4n) is 2.94. The molecule has 0 saturated heterocycles. The van der Waals surface area contributed by atoms with E-state index in [2.05, 4.69) is 10.3 Å². The molecule has 0 saturated carbocycles. The summed E-state index contributed by atoms with van der Waals surface area (Å²) in [5, 5.41) is 2.98. The Morgan fingerprint density at radius 1 is 0.933 bits per heavy atom. The summed E-state index contributed by atoms with van der Waals surface area (Å²) in [5.41, 5.74) is 0.325. The second-order valence-electron chi connectivity index (χ2n) is 6.32. The number of carbonyl (C=O) groups excluding carboxylic acids is 1. The Balaban J connectivity index is 1.67. The van der Waals surface area contributed by atoms with Crippen molar-refractivity contribution in [3.63, 3.8) is 0 Å². The number of aromatic nitrogens is 2. The average Bonchev–Trinajstić information content (AvgIpc) is 2.76. The number of para-hydroxylation sites is 3. The van der Waals surface area contributed by atoms with Crippen molar-refractivity contribution in [2.24, 2.45) is 0 Å². The molecule has 0 aliphatic heterocycles. The maximum absolute atomic E-state index is 13.8. The largest absolute Gasteiger partial charge is 0.320 e. The van der Waals surface area contributed by atoms with Crippen molar-refractivity contribution in [3.05, 3.63) is 94.8 Å². The van der Waals surface area contributed by atoms with E-state index in [4.69, 9.17) is 0 Å². The highest BCUT2D eigenvalue weighted by Gasteiger charge is 2.16. The second-order valence-corrected chi connectivity index (χ2v) is 7.26. The third kappa shape index (κ3) is 3.95. The predicted molar refractivity (Wildman–Crippen MR) is 113 cm³/mol. The molecule has 0 aliphatic rings. The van der Waals surface area contributed by atoms with E-state index in [-0.39, 0.29) is 11.3 Å². The lowest BCUT2D eigenvalue weighted by Gasteiger charge is -2.13. The van der Waals surface area contributed by atoms with Crippen LogP contribution in [0.25, 0.3) is 16.6 Å². The van der Waals surface area contributed by atoms with Crippen LogP contribution in [0.3, 0.4) is 0 Å². The van der Waals surface area contributed by atoms with Crippen molar-refractivity contribution in [1.29, 1.82) is 0 Å². The Hall–Kier alpha value is -3.52. The van der Waals surface area contributed by atoms with Gasteiger partial charge in [0.15, 0.2) is 5.16 Å².